The first kappa shape index (κ1) is 34.3. The van der Waals surface area contributed by atoms with Crippen molar-refractivity contribution in [1.82, 2.24) is 0 Å². The van der Waals surface area contributed by atoms with Crippen molar-refractivity contribution in [2.75, 3.05) is 0 Å². The van der Waals surface area contributed by atoms with Crippen molar-refractivity contribution >= 4 is 47.2 Å². The van der Waals surface area contributed by atoms with Crippen molar-refractivity contribution < 1.29 is 46.2 Å². The highest BCUT2D eigenvalue weighted by molar-refractivity contribution is 6.25. The van der Waals surface area contributed by atoms with Crippen LogP contribution in [0.3, 0.4) is 0 Å². The number of esters is 4. The minimum atomic E-state index is -0.968. The summed E-state index contributed by atoms with van der Waals surface area (Å²) in [6.07, 6.45) is 4.94. The van der Waals surface area contributed by atoms with Gasteiger partial charge in [0, 0.05) is 12.2 Å². The molecule has 0 amide bonds. The molecule has 0 saturated heterocycles. The van der Waals surface area contributed by atoms with Crippen molar-refractivity contribution in [3.8, 4) is 0 Å². The molecular weight excluding hydrogens is 604 g/mol. The molecule has 0 fully saturated rings. The van der Waals surface area contributed by atoms with Crippen LogP contribution in [0.15, 0.2) is 122 Å². The second-order valence-electron chi connectivity index (χ2n) is 9.16. The Morgan fingerprint density at radius 1 is 0.457 bits per heavy atom. The maximum atomic E-state index is 12.8. The Hall–Kier alpha value is -6.16. The van der Waals surface area contributed by atoms with E-state index in [1.807, 2.05) is 0 Å². The first-order valence-electron chi connectivity index (χ1n) is 13.2. The predicted octanol–water partition coefficient (Wildman–Crippen LogP) is 7.52. The van der Waals surface area contributed by atoms with Crippen LogP contribution in [-0.4, -0.2) is 23.9 Å². The number of halogens is 4. The smallest absolute Gasteiger partial charge is 0.346 e. The third kappa shape index (κ3) is 11.2. The Morgan fingerprint density at radius 2 is 0.739 bits per heavy atom. The van der Waals surface area contributed by atoms with Gasteiger partial charge in [-0.25, -0.2) is 36.7 Å². The minimum Gasteiger partial charge on any atom is -0.387 e. The van der Waals surface area contributed by atoms with Gasteiger partial charge in [-0.05, 0) is 82.9 Å². The standard InChI is InChI=1S/2C18H12F2O3/c1-11(13-3-7-15(19)8-4-13)17(21)23-18(22)12(2)14-5-9-16(20)10-6-14;19-15-7-1-13(2-8-15)5-11-17(21)23-18(22)12-6-14-3-9-16(20)10-4-14/h3-10H,1-2H2;1-12H. The molecule has 46 heavy (non-hydrogen) atoms. The fraction of sp³-hybridized carbons (Fsp3) is 0. The molecule has 0 aliphatic rings. The monoisotopic (exact) mass is 628 g/mol. The van der Waals surface area contributed by atoms with Gasteiger partial charge in [-0.2, -0.15) is 0 Å². The number of benzene rings is 4. The second kappa shape index (κ2) is 16.6. The van der Waals surface area contributed by atoms with Gasteiger partial charge in [0.25, 0.3) is 0 Å². The molecule has 0 heterocycles. The Morgan fingerprint density at radius 3 is 1.04 bits per heavy atom. The summed E-state index contributed by atoms with van der Waals surface area (Å²) < 4.78 is 60.3. The van der Waals surface area contributed by atoms with Crippen LogP contribution in [0.1, 0.15) is 22.3 Å². The Kier molecular flexibility index (Phi) is 12.4. The summed E-state index contributed by atoms with van der Waals surface area (Å²) in [5.41, 5.74) is 1.67. The molecule has 4 aromatic rings. The molecule has 0 aliphatic heterocycles. The number of carbonyl (C=O) groups excluding carboxylic acids is 4. The molecule has 0 unspecified atom stereocenters. The van der Waals surface area contributed by atoms with Crippen LogP contribution in [0.5, 0.6) is 0 Å². The molecule has 0 aromatic heterocycles. The maximum Gasteiger partial charge on any atom is 0.346 e. The fourth-order valence-corrected chi connectivity index (χ4v) is 3.39. The lowest BCUT2D eigenvalue weighted by molar-refractivity contribution is -0.153. The van der Waals surface area contributed by atoms with Gasteiger partial charge in [-0.3, -0.25) is 0 Å². The molecule has 0 atom stereocenters. The van der Waals surface area contributed by atoms with E-state index in [0.717, 1.165) is 36.4 Å². The van der Waals surface area contributed by atoms with E-state index in [4.69, 9.17) is 0 Å². The van der Waals surface area contributed by atoms with E-state index >= 15 is 0 Å². The average molecular weight is 629 g/mol. The lowest BCUT2D eigenvalue weighted by atomic mass is 10.1. The predicted molar refractivity (Wildman–Crippen MR) is 164 cm³/mol. The van der Waals surface area contributed by atoms with Crippen LogP contribution in [-0.2, 0) is 28.7 Å². The summed E-state index contributed by atoms with van der Waals surface area (Å²) in [5, 5.41) is 0. The minimum absolute atomic E-state index is 0.0924. The van der Waals surface area contributed by atoms with E-state index in [2.05, 4.69) is 22.6 Å². The molecule has 0 radical (unpaired) electrons. The lowest BCUT2D eigenvalue weighted by Crippen LogP contribution is -2.14. The molecule has 4 rings (SSSR count). The molecule has 232 valence electrons. The summed E-state index contributed by atoms with van der Waals surface area (Å²) in [6.45, 7) is 7.05. The summed E-state index contributed by atoms with van der Waals surface area (Å²) in [6, 6.07) is 21.0. The number of rotatable bonds is 8. The Labute approximate surface area is 261 Å². The van der Waals surface area contributed by atoms with Gasteiger partial charge >= 0.3 is 23.9 Å². The molecule has 6 nitrogen and oxygen atoms in total. The number of hydrogen-bond donors (Lipinski definition) is 0. The number of carbonyl (C=O) groups is 4. The van der Waals surface area contributed by atoms with Gasteiger partial charge in [0.2, 0.25) is 0 Å². The first-order valence-corrected chi connectivity index (χ1v) is 13.2. The van der Waals surface area contributed by atoms with E-state index in [9.17, 15) is 36.7 Å². The summed E-state index contributed by atoms with van der Waals surface area (Å²) in [5.74, 6) is -5.32. The van der Waals surface area contributed by atoms with E-state index < -0.39 is 35.5 Å². The molecular formula is C36H24F4O6. The third-order valence-electron chi connectivity index (χ3n) is 5.83. The van der Waals surface area contributed by atoms with E-state index in [0.29, 0.717) is 22.3 Å². The van der Waals surface area contributed by atoms with Gasteiger partial charge in [0.05, 0.1) is 11.1 Å². The fourth-order valence-electron chi connectivity index (χ4n) is 3.39. The van der Waals surface area contributed by atoms with Crippen molar-refractivity contribution in [3.63, 3.8) is 0 Å². The third-order valence-corrected chi connectivity index (χ3v) is 5.83. The topological polar surface area (TPSA) is 86.7 Å². The maximum absolute atomic E-state index is 12.8. The first-order chi connectivity index (χ1) is 21.9. The van der Waals surface area contributed by atoms with Crippen molar-refractivity contribution in [2.24, 2.45) is 0 Å². The summed E-state index contributed by atoms with van der Waals surface area (Å²) in [4.78, 5) is 46.7. The molecule has 0 N–H and O–H groups in total. The molecule has 10 heteroatoms. The second-order valence-corrected chi connectivity index (χ2v) is 9.16. The van der Waals surface area contributed by atoms with E-state index in [1.165, 1.54) is 84.9 Å². The SMILES string of the molecule is C=C(C(=O)OC(=O)C(=C)c1ccc(F)cc1)c1ccc(F)cc1.O=C(C=Cc1ccc(F)cc1)OC(=O)C=Cc1ccc(F)cc1. The highest BCUT2D eigenvalue weighted by atomic mass is 19.1. The molecule has 0 spiro atoms. The van der Waals surface area contributed by atoms with Crippen molar-refractivity contribution in [1.29, 1.82) is 0 Å². The number of ether oxygens (including phenoxy) is 2. The van der Waals surface area contributed by atoms with Crippen LogP contribution in [0.4, 0.5) is 17.6 Å². The molecule has 0 aliphatic carbocycles. The van der Waals surface area contributed by atoms with Gasteiger partial charge < -0.3 is 9.47 Å². The lowest BCUT2D eigenvalue weighted by Gasteiger charge is -2.08. The molecule has 0 bridgehead atoms. The van der Waals surface area contributed by atoms with Gasteiger partial charge in [-0.15, -0.1) is 0 Å². The normalized spacial score (nSPS) is 10.5. The largest absolute Gasteiger partial charge is 0.387 e. The highest BCUT2D eigenvalue weighted by Crippen LogP contribution is 2.19. The van der Waals surface area contributed by atoms with Gasteiger partial charge in [0.1, 0.15) is 23.3 Å². The highest BCUT2D eigenvalue weighted by Gasteiger charge is 2.19. The Balaban J connectivity index is 0.000000250. The zero-order valence-electron chi connectivity index (χ0n) is 23.9. The van der Waals surface area contributed by atoms with Crippen LogP contribution in [0.25, 0.3) is 23.3 Å². The van der Waals surface area contributed by atoms with Crippen LogP contribution >= 0.6 is 0 Å². The Bertz CT molecular complexity index is 1660. The molecule has 0 saturated carbocycles. The van der Waals surface area contributed by atoms with Gasteiger partial charge in [0.15, 0.2) is 0 Å². The summed E-state index contributed by atoms with van der Waals surface area (Å²) >= 11 is 0. The van der Waals surface area contributed by atoms with E-state index in [1.54, 1.807) is 0 Å². The number of hydrogen-bond acceptors (Lipinski definition) is 6. The van der Waals surface area contributed by atoms with Crippen molar-refractivity contribution in [2.45, 2.75) is 0 Å². The quantitative estimate of drug-likeness (QED) is 0.0869. The van der Waals surface area contributed by atoms with E-state index in [-0.39, 0.29) is 22.8 Å². The van der Waals surface area contributed by atoms with Crippen molar-refractivity contribution in [3.05, 3.63) is 168 Å². The average Bonchev–Trinajstić information content (AvgIpc) is 3.04. The zero-order valence-corrected chi connectivity index (χ0v) is 23.9. The van der Waals surface area contributed by atoms with Gasteiger partial charge in [-0.1, -0.05) is 61.7 Å². The summed E-state index contributed by atoms with van der Waals surface area (Å²) in [7, 11) is 0. The molecule has 4 aromatic carbocycles. The van der Waals surface area contributed by atoms with Crippen LogP contribution < -0.4 is 0 Å². The zero-order chi connectivity index (χ0) is 33.6. The van der Waals surface area contributed by atoms with Crippen LogP contribution in [0.2, 0.25) is 0 Å². The van der Waals surface area contributed by atoms with Crippen LogP contribution in [0, 0.1) is 23.3 Å².